The van der Waals surface area contributed by atoms with Crippen LogP contribution in [-0.4, -0.2) is 14.3 Å². The van der Waals surface area contributed by atoms with E-state index in [2.05, 4.69) is 5.32 Å². The number of hydrogen-bond acceptors (Lipinski definition) is 4. The third-order valence-electron chi connectivity index (χ3n) is 2.55. The van der Waals surface area contributed by atoms with Crippen LogP contribution in [0, 0.1) is 0 Å². The fourth-order valence-corrected chi connectivity index (χ4v) is 2.88. The summed E-state index contributed by atoms with van der Waals surface area (Å²) in [5.41, 5.74) is 0.164. The van der Waals surface area contributed by atoms with Gasteiger partial charge in [-0.15, -0.1) is 0 Å². The van der Waals surface area contributed by atoms with Crippen LogP contribution in [-0.2, 0) is 14.9 Å². The Bertz CT molecular complexity index is 804. The van der Waals surface area contributed by atoms with Gasteiger partial charge < -0.3 is 9.50 Å². The van der Waals surface area contributed by atoms with Crippen molar-refractivity contribution in [2.45, 2.75) is 11.8 Å². The van der Waals surface area contributed by atoms with Gasteiger partial charge in [0, 0.05) is 17.0 Å². The van der Waals surface area contributed by atoms with E-state index in [1.165, 1.54) is 49.4 Å². The molecule has 2 aromatic rings. The fraction of sp³-hybridized carbons (Fsp3) is 0.0714. The molecule has 1 amide bonds. The number of amides is 1. The third kappa shape index (κ3) is 4.13. The lowest BCUT2D eigenvalue weighted by Crippen LogP contribution is -2.13. The highest BCUT2D eigenvalue weighted by Crippen LogP contribution is 2.30. The minimum Gasteiger partial charge on any atom is -0.377 e. The Kier molecular flexibility index (Phi) is 4.95. The van der Waals surface area contributed by atoms with Gasteiger partial charge in [0.25, 0.3) is 0 Å². The van der Waals surface area contributed by atoms with Gasteiger partial charge in [0.15, 0.2) is 5.75 Å². The van der Waals surface area contributed by atoms with E-state index in [4.69, 9.17) is 27.4 Å². The molecule has 22 heavy (non-hydrogen) atoms. The molecular weight excluding hydrogens is 349 g/mol. The van der Waals surface area contributed by atoms with Gasteiger partial charge in [-0.3, -0.25) is 4.79 Å². The number of anilines is 1. The highest BCUT2D eigenvalue weighted by Gasteiger charge is 2.19. The van der Waals surface area contributed by atoms with Crippen molar-refractivity contribution < 1.29 is 17.4 Å². The highest BCUT2D eigenvalue weighted by molar-refractivity contribution is 7.87. The van der Waals surface area contributed by atoms with Crippen LogP contribution in [0.2, 0.25) is 10.0 Å². The molecule has 0 atom stereocenters. The normalized spacial score (nSPS) is 11.0. The van der Waals surface area contributed by atoms with Gasteiger partial charge in [-0.05, 0) is 42.5 Å². The molecule has 0 saturated carbocycles. The Morgan fingerprint density at radius 3 is 2.23 bits per heavy atom. The second-order valence-electron chi connectivity index (χ2n) is 4.31. The molecule has 0 heterocycles. The third-order valence-corrected chi connectivity index (χ3v) is 4.29. The van der Waals surface area contributed by atoms with E-state index >= 15 is 0 Å². The molecule has 0 aliphatic heterocycles. The van der Waals surface area contributed by atoms with E-state index in [-0.39, 0.29) is 22.2 Å². The summed E-state index contributed by atoms with van der Waals surface area (Å²) in [5, 5.41) is 3.20. The summed E-state index contributed by atoms with van der Waals surface area (Å²) in [6.45, 7) is 1.29. The van der Waals surface area contributed by atoms with E-state index < -0.39 is 10.1 Å². The number of nitrogens with one attached hydrogen (secondary N) is 1. The number of hydrogen-bond donors (Lipinski definition) is 1. The monoisotopic (exact) mass is 359 g/mol. The van der Waals surface area contributed by atoms with Crippen molar-refractivity contribution >= 4 is 44.9 Å². The second-order valence-corrected chi connectivity index (χ2v) is 6.73. The van der Waals surface area contributed by atoms with Crippen LogP contribution in [0.15, 0.2) is 47.4 Å². The average molecular weight is 360 g/mol. The van der Waals surface area contributed by atoms with E-state index in [1.54, 1.807) is 0 Å². The molecule has 0 saturated heterocycles. The molecule has 1 N–H and O–H groups in total. The van der Waals surface area contributed by atoms with Crippen molar-refractivity contribution in [3.63, 3.8) is 0 Å². The first-order chi connectivity index (χ1) is 10.3. The van der Waals surface area contributed by atoms with E-state index in [0.29, 0.717) is 10.0 Å². The largest absolute Gasteiger partial charge is 0.377 e. The summed E-state index contributed by atoms with van der Waals surface area (Å²) in [5.74, 6) is -0.412. The number of benzene rings is 2. The zero-order valence-corrected chi connectivity index (χ0v) is 13.7. The maximum absolute atomic E-state index is 12.2. The average Bonchev–Trinajstić information content (AvgIpc) is 2.41. The molecule has 0 aliphatic carbocycles. The molecule has 0 unspecified atom stereocenters. The van der Waals surface area contributed by atoms with Gasteiger partial charge in [-0.1, -0.05) is 23.2 Å². The molecule has 0 fully saturated rings. The second kappa shape index (κ2) is 6.56. The van der Waals surface area contributed by atoms with Crippen LogP contribution in [0.5, 0.6) is 5.75 Å². The molecule has 8 heteroatoms. The minimum absolute atomic E-state index is 0.0328. The topological polar surface area (TPSA) is 72.5 Å². The Hall–Kier alpha value is -1.76. The zero-order valence-electron chi connectivity index (χ0n) is 11.3. The summed E-state index contributed by atoms with van der Waals surface area (Å²) >= 11 is 11.6. The molecule has 0 aromatic heterocycles. The van der Waals surface area contributed by atoms with Gasteiger partial charge in [0.1, 0.15) is 4.90 Å². The molecular formula is C14H11Cl2NO4S. The molecule has 0 spiro atoms. The van der Waals surface area contributed by atoms with Crippen molar-refractivity contribution in [2.75, 3.05) is 5.32 Å². The van der Waals surface area contributed by atoms with Crippen molar-refractivity contribution in [2.24, 2.45) is 0 Å². The summed E-state index contributed by atoms with van der Waals surface area (Å²) < 4.78 is 29.5. The van der Waals surface area contributed by atoms with Crippen molar-refractivity contribution in [1.29, 1.82) is 0 Å². The van der Waals surface area contributed by atoms with Crippen LogP contribution in [0.25, 0.3) is 0 Å². The predicted molar refractivity (Wildman–Crippen MR) is 85.0 cm³/mol. The number of rotatable bonds is 4. The van der Waals surface area contributed by atoms with Crippen LogP contribution < -0.4 is 9.50 Å². The van der Waals surface area contributed by atoms with E-state index in [0.717, 1.165) is 0 Å². The van der Waals surface area contributed by atoms with Gasteiger partial charge in [-0.25, -0.2) is 0 Å². The van der Waals surface area contributed by atoms with Crippen LogP contribution in [0.4, 0.5) is 5.69 Å². The summed E-state index contributed by atoms with van der Waals surface area (Å²) in [6, 6.07) is 9.75. The first-order valence-electron chi connectivity index (χ1n) is 6.05. The molecule has 116 valence electrons. The van der Waals surface area contributed by atoms with E-state index in [9.17, 15) is 13.2 Å². The molecule has 2 rings (SSSR count). The standard InChI is InChI=1S/C14H11Cl2NO4S/c1-9(18)17-13-8-11(16)4-7-14(13)21-22(19,20)12-5-2-10(15)3-6-12/h2-8H,1H3,(H,17,18). The van der Waals surface area contributed by atoms with Crippen molar-refractivity contribution in [1.82, 2.24) is 0 Å². The van der Waals surface area contributed by atoms with Gasteiger partial charge in [-0.2, -0.15) is 8.42 Å². The molecule has 5 nitrogen and oxygen atoms in total. The molecule has 0 radical (unpaired) electrons. The fourth-order valence-electron chi connectivity index (χ4n) is 1.63. The lowest BCUT2D eigenvalue weighted by atomic mass is 10.3. The number of carbonyl (C=O) groups excluding carboxylic acids is 1. The summed E-state index contributed by atoms with van der Waals surface area (Å²) in [6.07, 6.45) is 0. The van der Waals surface area contributed by atoms with Crippen LogP contribution >= 0.6 is 23.2 Å². The molecule has 0 bridgehead atoms. The van der Waals surface area contributed by atoms with Crippen LogP contribution in [0.1, 0.15) is 6.92 Å². The Morgan fingerprint density at radius 1 is 1.05 bits per heavy atom. The number of halogens is 2. The summed E-state index contributed by atoms with van der Waals surface area (Å²) in [7, 11) is -4.05. The first-order valence-corrected chi connectivity index (χ1v) is 8.21. The minimum atomic E-state index is -4.05. The maximum Gasteiger partial charge on any atom is 0.339 e. The highest BCUT2D eigenvalue weighted by atomic mass is 35.5. The maximum atomic E-state index is 12.2. The lowest BCUT2D eigenvalue weighted by Gasteiger charge is -2.12. The lowest BCUT2D eigenvalue weighted by molar-refractivity contribution is -0.114. The number of carbonyl (C=O) groups is 1. The quantitative estimate of drug-likeness (QED) is 0.844. The predicted octanol–water partition coefficient (Wildman–Crippen LogP) is 3.72. The molecule has 2 aromatic carbocycles. The SMILES string of the molecule is CC(=O)Nc1cc(Cl)ccc1OS(=O)(=O)c1ccc(Cl)cc1. The molecule has 0 aliphatic rings. The van der Waals surface area contributed by atoms with Gasteiger partial charge in [0.2, 0.25) is 5.91 Å². The zero-order chi connectivity index (χ0) is 16.3. The Morgan fingerprint density at radius 2 is 1.64 bits per heavy atom. The smallest absolute Gasteiger partial charge is 0.339 e. The summed E-state index contributed by atoms with van der Waals surface area (Å²) in [4.78, 5) is 11.1. The van der Waals surface area contributed by atoms with E-state index in [1.807, 2.05) is 0 Å². The van der Waals surface area contributed by atoms with Crippen LogP contribution in [0.3, 0.4) is 0 Å². The van der Waals surface area contributed by atoms with Gasteiger partial charge in [0.05, 0.1) is 5.69 Å². The Balaban J connectivity index is 2.37. The first kappa shape index (κ1) is 16.6. The van der Waals surface area contributed by atoms with Crippen molar-refractivity contribution in [3.8, 4) is 5.75 Å². The van der Waals surface area contributed by atoms with Gasteiger partial charge >= 0.3 is 10.1 Å². The van der Waals surface area contributed by atoms with Crippen molar-refractivity contribution in [3.05, 3.63) is 52.5 Å². The Labute approximate surface area is 137 Å².